The second-order valence-corrected chi connectivity index (χ2v) is 8.53. The van der Waals surface area contributed by atoms with Gasteiger partial charge in [-0.15, -0.1) is 0 Å². The molecule has 1 saturated heterocycles. The Morgan fingerprint density at radius 2 is 1.39 bits per heavy atom. The van der Waals surface area contributed by atoms with E-state index in [1.54, 1.807) is 0 Å². The van der Waals surface area contributed by atoms with Crippen LogP contribution in [0.3, 0.4) is 0 Å². The molecule has 0 bridgehead atoms. The van der Waals surface area contributed by atoms with Gasteiger partial charge >= 0.3 is 0 Å². The lowest BCUT2D eigenvalue weighted by Crippen LogP contribution is -2.59. The Hall–Kier alpha value is -1.02. The second kappa shape index (κ2) is 14.4. The smallest absolute Gasteiger partial charge is 0.229 e. The molecule has 194 valence electrons. The van der Waals surface area contributed by atoms with E-state index in [9.17, 15) is 35.7 Å². The molecular formula is C22H40O11. The van der Waals surface area contributed by atoms with E-state index in [-0.39, 0.29) is 5.76 Å². The highest BCUT2D eigenvalue weighted by molar-refractivity contribution is 5.14. The quantitative estimate of drug-likeness (QED) is 0.155. The van der Waals surface area contributed by atoms with Crippen LogP contribution in [0.1, 0.15) is 58.3 Å². The van der Waals surface area contributed by atoms with E-state index in [1.807, 2.05) is 0 Å². The minimum atomic E-state index is -1.73. The van der Waals surface area contributed by atoms with Gasteiger partial charge in [0, 0.05) is 0 Å². The molecule has 2 rings (SSSR count). The third kappa shape index (κ3) is 7.74. The summed E-state index contributed by atoms with van der Waals surface area (Å²) < 4.78 is 21.6. The van der Waals surface area contributed by atoms with Gasteiger partial charge < -0.3 is 54.7 Å². The van der Waals surface area contributed by atoms with Crippen LogP contribution in [0.15, 0.2) is 11.5 Å². The summed E-state index contributed by atoms with van der Waals surface area (Å²) in [5, 5.41) is 69.7. The van der Waals surface area contributed by atoms with Crippen LogP contribution in [-0.4, -0.2) is 105 Å². The molecule has 11 heteroatoms. The van der Waals surface area contributed by atoms with Gasteiger partial charge in [0.2, 0.25) is 12.6 Å². The van der Waals surface area contributed by atoms with Crippen molar-refractivity contribution in [1.82, 2.24) is 0 Å². The molecule has 1 fully saturated rings. The minimum absolute atomic E-state index is 0.231. The Kier molecular flexibility index (Phi) is 12.3. The van der Waals surface area contributed by atoms with Gasteiger partial charge in [-0.1, -0.05) is 51.9 Å². The number of aliphatic hydroxyl groups excluding tert-OH is 7. The van der Waals surface area contributed by atoms with Gasteiger partial charge in [0.1, 0.15) is 43.2 Å². The van der Waals surface area contributed by atoms with Gasteiger partial charge in [0.15, 0.2) is 11.5 Å². The zero-order valence-electron chi connectivity index (χ0n) is 19.2. The maximum atomic E-state index is 10.5. The van der Waals surface area contributed by atoms with Gasteiger partial charge in [-0.05, 0) is 6.42 Å². The third-order valence-corrected chi connectivity index (χ3v) is 5.92. The third-order valence-electron chi connectivity index (χ3n) is 5.92. The molecule has 0 aromatic carbocycles. The highest BCUT2D eigenvalue weighted by Crippen LogP contribution is 2.31. The Balaban J connectivity index is 1.88. The molecule has 0 radical (unpaired) electrons. The summed E-state index contributed by atoms with van der Waals surface area (Å²) in [6.45, 7) is 1.12. The van der Waals surface area contributed by atoms with Crippen LogP contribution < -0.4 is 0 Å². The molecule has 2 heterocycles. The molecule has 33 heavy (non-hydrogen) atoms. The Labute approximate surface area is 194 Å². The van der Waals surface area contributed by atoms with Gasteiger partial charge in [-0.3, -0.25) is 0 Å². The van der Waals surface area contributed by atoms with Gasteiger partial charge in [0.25, 0.3) is 0 Å². The average Bonchev–Trinajstić information content (AvgIpc) is 2.82. The lowest BCUT2D eigenvalue weighted by atomic mass is 9.99. The Morgan fingerprint density at radius 1 is 0.758 bits per heavy atom. The highest BCUT2D eigenvalue weighted by Gasteiger charge is 2.47. The fourth-order valence-electron chi connectivity index (χ4n) is 3.85. The summed E-state index contributed by atoms with van der Waals surface area (Å²) in [4.78, 5) is 0. The van der Waals surface area contributed by atoms with Crippen LogP contribution in [0.25, 0.3) is 0 Å². The maximum absolute atomic E-state index is 10.5. The summed E-state index contributed by atoms with van der Waals surface area (Å²) in [6.07, 6.45) is -3.36. The Morgan fingerprint density at radius 3 is 2.00 bits per heavy atom. The predicted molar refractivity (Wildman–Crippen MR) is 114 cm³/mol. The zero-order chi connectivity index (χ0) is 24.4. The number of hydrogen-bond donors (Lipinski definition) is 7. The molecule has 7 N–H and O–H groups in total. The fraction of sp³-hybridized carbons (Fsp3) is 0.909. The van der Waals surface area contributed by atoms with Crippen molar-refractivity contribution >= 4 is 0 Å². The van der Waals surface area contributed by atoms with Crippen molar-refractivity contribution in [3.05, 3.63) is 11.5 Å². The lowest BCUT2D eigenvalue weighted by Gasteiger charge is -2.42. The molecule has 0 aliphatic carbocycles. The van der Waals surface area contributed by atoms with E-state index in [0.29, 0.717) is 6.61 Å². The summed E-state index contributed by atoms with van der Waals surface area (Å²) in [5.41, 5.74) is 0. The SMILES string of the molecule is CCCCCCCCCCOC1OC(CO)=C(OC2OC(CO)[C@@H](O)[C@H](O)[C@@H]2O)C(O)[C@H]1O. The van der Waals surface area contributed by atoms with Crippen LogP contribution in [0.2, 0.25) is 0 Å². The number of aliphatic hydroxyl groups is 7. The van der Waals surface area contributed by atoms with E-state index < -0.39 is 68.2 Å². The molecule has 0 spiro atoms. The van der Waals surface area contributed by atoms with E-state index >= 15 is 0 Å². The average molecular weight is 481 g/mol. The predicted octanol–water partition coefficient (Wildman–Crippen LogP) is -0.758. The molecule has 8 atom stereocenters. The molecular weight excluding hydrogens is 440 g/mol. The van der Waals surface area contributed by atoms with E-state index in [0.717, 1.165) is 25.7 Å². The largest absolute Gasteiger partial charge is 0.460 e. The van der Waals surface area contributed by atoms with Crippen LogP contribution >= 0.6 is 0 Å². The van der Waals surface area contributed by atoms with Crippen molar-refractivity contribution in [2.45, 2.75) is 107 Å². The van der Waals surface area contributed by atoms with Crippen molar-refractivity contribution in [1.29, 1.82) is 0 Å². The summed E-state index contributed by atoms with van der Waals surface area (Å²) in [7, 11) is 0. The van der Waals surface area contributed by atoms with E-state index in [4.69, 9.17) is 18.9 Å². The number of unbranched alkanes of at least 4 members (excludes halogenated alkanes) is 7. The molecule has 0 saturated carbocycles. The molecule has 11 nitrogen and oxygen atoms in total. The molecule has 0 aromatic rings. The van der Waals surface area contributed by atoms with Crippen molar-refractivity contribution in [2.75, 3.05) is 19.8 Å². The zero-order valence-corrected chi connectivity index (χ0v) is 19.2. The molecule has 2 aliphatic heterocycles. The van der Waals surface area contributed by atoms with Crippen molar-refractivity contribution < 1.29 is 54.7 Å². The van der Waals surface area contributed by atoms with Crippen LogP contribution in [0, 0.1) is 0 Å². The first-order chi connectivity index (χ1) is 15.8. The van der Waals surface area contributed by atoms with E-state index in [1.165, 1.54) is 25.7 Å². The summed E-state index contributed by atoms with van der Waals surface area (Å²) >= 11 is 0. The number of ether oxygens (including phenoxy) is 4. The molecule has 0 aromatic heterocycles. The first-order valence-electron chi connectivity index (χ1n) is 11.8. The van der Waals surface area contributed by atoms with Gasteiger partial charge in [0.05, 0.1) is 13.2 Å². The van der Waals surface area contributed by atoms with Gasteiger partial charge in [-0.25, -0.2) is 0 Å². The normalized spacial score (nSPS) is 34.9. The summed E-state index contributed by atoms with van der Waals surface area (Å²) in [5.74, 6) is -0.632. The number of rotatable bonds is 14. The first-order valence-corrected chi connectivity index (χ1v) is 11.8. The van der Waals surface area contributed by atoms with Crippen LogP contribution in [0.5, 0.6) is 0 Å². The Bertz CT molecular complexity index is 585. The van der Waals surface area contributed by atoms with Crippen LogP contribution in [-0.2, 0) is 18.9 Å². The maximum Gasteiger partial charge on any atom is 0.229 e. The van der Waals surface area contributed by atoms with Crippen LogP contribution in [0.4, 0.5) is 0 Å². The topological polar surface area (TPSA) is 179 Å². The minimum Gasteiger partial charge on any atom is -0.460 e. The molecule has 2 aliphatic rings. The summed E-state index contributed by atoms with van der Waals surface area (Å²) in [6, 6.07) is 0. The fourth-order valence-corrected chi connectivity index (χ4v) is 3.85. The monoisotopic (exact) mass is 480 g/mol. The van der Waals surface area contributed by atoms with E-state index in [2.05, 4.69) is 6.92 Å². The second-order valence-electron chi connectivity index (χ2n) is 8.53. The van der Waals surface area contributed by atoms with Crippen molar-refractivity contribution in [2.24, 2.45) is 0 Å². The van der Waals surface area contributed by atoms with Gasteiger partial charge in [-0.2, -0.15) is 0 Å². The first kappa shape index (κ1) is 28.2. The van der Waals surface area contributed by atoms with Crippen molar-refractivity contribution in [3.8, 4) is 0 Å². The molecule has 0 amide bonds. The lowest BCUT2D eigenvalue weighted by molar-refractivity contribution is -0.301. The number of hydrogen-bond acceptors (Lipinski definition) is 11. The highest BCUT2D eigenvalue weighted by atomic mass is 16.7. The van der Waals surface area contributed by atoms with Crippen molar-refractivity contribution in [3.63, 3.8) is 0 Å². The molecule has 4 unspecified atom stereocenters. The standard InChI is InChI=1S/C22H40O11/c1-2-3-4-5-6-7-8-9-10-30-21-19(29)17(27)20(14(12-24)32-21)33-22-18(28)16(26)15(25)13(11-23)31-22/h13,15-19,21-29H,2-12H2,1H3/t13?,15-,16+,17?,18+,19-,21?,22?/m1/s1.